The van der Waals surface area contributed by atoms with Gasteiger partial charge in [-0.25, -0.2) is 0 Å². The Morgan fingerprint density at radius 1 is 1.03 bits per heavy atom. The monoisotopic (exact) mass is 517 g/mol. The molecule has 2 bridgehead atoms. The van der Waals surface area contributed by atoms with Gasteiger partial charge in [0, 0.05) is 36.8 Å². The number of carbonyl (C=O) groups excluding carboxylic acids is 1. The maximum atomic E-state index is 13.1. The van der Waals surface area contributed by atoms with Gasteiger partial charge in [0.05, 0.1) is 12.2 Å². The minimum absolute atomic E-state index is 0.0772. The summed E-state index contributed by atoms with van der Waals surface area (Å²) < 4.78 is 44.7. The number of ether oxygens (including phenoxy) is 1. The molecule has 8 heteroatoms. The van der Waals surface area contributed by atoms with Crippen LogP contribution >= 0.6 is 0 Å². The van der Waals surface area contributed by atoms with Crippen molar-refractivity contribution in [2.24, 2.45) is 0 Å². The number of fused-ring (bicyclic) bond motifs is 2. The molecule has 2 aliphatic heterocycles. The summed E-state index contributed by atoms with van der Waals surface area (Å²) in [4.78, 5) is 19.5. The van der Waals surface area contributed by atoms with Crippen LogP contribution in [0.3, 0.4) is 0 Å². The highest BCUT2D eigenvalue weighted by atomic mass is 19.4. The third-order valence-corrected chi connectivity index (χ3v) is 7.99. The van der Waals surface area contributed by atoms with Crippen LogP contribution in [-0.4, -0.2) is 73.0 Å². The van der Waals surface area contributed by atoms with Crippen molar-refractivity contribution in [3.8, 4) is 5.75 Å². The fourth-order valence-electron chi connectivity index (χ4n) is 5.71. The molecular weight excluding hydrogens is 479 g/mol. The van der Waals surface area contributed by atoms with Gasteiger partial charge in [0.25, 0.3) is 5.91 Å². The molecule has 2 saturated heterocycles. The van der Waals surface area contributed by atoms with E-state index in [2.05, 4.69) is 56.8 Å². The zero-order chi connectivity index (χ0) is 26.9. The molecule has 0 radical (unpaired) electrons. The Bertz CT molecular complexity index is 1100. The number of benzene rings is 2. The summed E-state index contributed by atoms with van der Waals surface area (Å²) in [6.45, 7) is 9.61. The van der Waals surface area contributed by atoms with Crippen molar-refractivity contribution < 1.29 is 22.7 Å². The van der Waals surface area contributed by atoms with Crippen molar-refractivity contribution in [3.63, 3.8) is 0 Å². The van der Waals surface area contributed by atoms with Crippen LogP contribution in [0.1, 0.15) is 64.8 Å². The molecule has 1 amide bonds. The van der Waals surface area contributed by atoms with Crippen LogP contribution in [0, 0.1) is 13.8 Å². The van der Waals surface area contributed by atoms with E-state index in [4.69, 9.17) is 4.74 Å². The van der Waals surface area contributed by atoms with Gasteiger partial charge in [-0.2, -0.15) is 13.2 Å². The van der Waals surface area contributed by atoms with Crippen molar-refractivity contribution in [2.75, 3.05) is 40.3 Å². The van der Waals surface area contributed by atoms with E-state index in [0.717, 1.165) is 50.2 Å². The molecule has 2 unspecified atom stereocenters. The zero-order valence-corrected chi connectivity index (χ0v) is 22.4. The predicted molar refractivity (Wildman–Crippen MR) is 139 cm³/mol. The summed E-state index contributed by atoms with van der Waals surface area (Å²) in [7, 11) is 4.16. The number of alkyl halides is 3. The molecule has 0 saturated carbocycles. The molecular formula is C29H38F3N3O2. The minimum Gasteiger partial charge on any atom is -0.493 e. The van der Waals surface area contributed by atoms with Crippen LogP contribution in [0.5, 0.6) is 5.75 Å². The van der Waals surface area contributed by atoms with Gasteiger partial charge in [-0.1, -0.05) is 6.07 Å². The van der Waals surface area contributed by atoms with Crippen LogP contribution in [0.15, 0.2) is 36.4 Å². The number of unbranched alkanes of at least 4 members (excludes halogenated alkanes) is 1. The van der Waals surface area contributed by atoms with Gasteiger partial charge < -0.3 is 14.5 Å². The number of hydrogen-bond acceptors (Lipinski definition) is 4. The average molecular weight is 518 g/mol. The maximum Gasteiger partial charge on any atom is 0.416 e. The van der Waals surface area contributed by atoms with E-state index in [1.165, 1.54) is 28.8 Å². The fraction of sp³-hybridized carbons (Fsp3) is 0.552. The Labute approximate surface area is 218 Å². The summed E-state index contributed by atoms with van der Waals surface area (Å²) in [5.74, 6) is 0.752. The summed E-state index contributed by atoms with van der Waals surface area (Å²) >= 11 is 0. The zero-order valence-electron chi connectivity index (χ0n) is 22.4. The molecule has 4 rings (SSSR count). The smallest absolute Gasteiger partial charge is 0.416 e. The largest absolute Gasteiger partial charge is 0.493 e. The Balaban J connectivity index is 1.36. The normalized spacial score (nSPS) is 20.6. The average Bonchev–Trinajstić information content (AvgIpc) is 3.46. The van der Waals surface area contributed by atoms with Gasteiger partial charge in [0.1, 0.15) is 5.75 Å². The predicted octanol–water partition coefficient (Wildman–Crippen LogP) is 5.70. The molecule has 0 spiro atoms. The van der Waals surface area contributed by atoms with E-state index in [1.54, 1.807) is 0 Å². The van der Waals surface area contributed by atoms with Crippen molar-refractivity contribution in [3.05, 3.63) is 64.2 Å². The second kappa shape index (κ2) is 11.0. The van der Waals surface area contributed by atoms with Gasteiger partial charge in [-0.05, 0) is 108 Å². The fourth-order valence-corrected chi connectivity index (χ4v) is 5.71. The molecule has 2 heterocycles. The number of likely N-dealkylation sites (tertiary alicyclic amines) is 2. The van der Waals surface area contributed by atoms with Gasteiger partial charge in [0.15, 0.2) is 0 Å². The van der Waals surface area contributed by atoms with Crippen LogP contribution in [0.25, 0.3) is 0 Å². The van der Waals surface area contributed by atoms with E-state index >= 15 is 0 Å². The molecule has 2 aromatic rings. The molecule has 0 N–H and O–H groups in total. The van der Waals surface area contributed by atoms with Gasteiger partial charge in [-0.15, -0.1) is 0 Å². The van der Waals surface area contributed by atoms with E-state index < -0.39 is 11.7 Å². The van der Waals surface area contributed by atoms with E-state index in [1.807, 2.05) is 4.90 Å². The molecule has 0 aromatic heterocycles. The molecule has 3 atom stereocenters. The third-order valence-electron chi connectivity index (χ3n) is 7.99. The molecule has 5 nitrogen and oxygen atoms in total. The molecule has 2 aromatic carbocycles. The van der Waals surface area contributed by atoms with E-state index in [-0.39, 0.29) is 24.0 Å². The number of nitrogens with zero attached hydrogens (tertiary/aromatic N) is 3. The van der Waals surface area contributed by atoms with Crippen LogP contribution in [0.4, 0.5) is 13.2 Å². The second-order valence-electron chi connectivity index (χ2n) is 10.7. The number of carbonyl (C=O) groups is 1. The second-order valence-corrected chi connectivity index (χ2v) is 10.7. The number of halogens is 3. The van der Waals surface area contributed by atoms with Crippen molar-refractivity contribution in [2.45, 2.75) is 64.3 Å². The van der Waals surface area contributed by atoms with E-state index in [9.17, 15) is 18.0 Å². The Hall–Kier alpha value is -2.58. The first-order chi connectivity index (χ1) is 17.5. The molecule has 202 valence electrons. The van der Waals surface area contributed by atoms with Gasteiger partial charge in [-0.3, -0.25) is 9.69 Å². The van der Waals surface area contributed by atoms with E-state index in [0.29, 0.717) is 18.7 Å². The highest BCUT2D eigenvalue weighted by Crippen LogP contribution is 2.40. The standard InChI is InChI=1S/C29H38F3N3O2/c1-19-20(2)27(37-15-7-6-14-33(4)5)13-12-26(19)21(3)34-17-25-16-24(34)18-35(25)28(36)22-8-10-23(11-9-22)29(30,31)32/h8-13,21,24-25H,6-7,14-18H2,1-5H3/t21-,24?,25?/m0/s1. The van der Waals surface area contributed by atoms with Crippen LogP contribution < -0.4 is 4.74 Å². The van der Waals surface area contributed by atoms with Gasteiger partial charge >= 0.3 is 6.18 Å². The molecule has 0 aliphatic carbocycles. The molecule has 2 fully saturated rings. The number of hydrogen-bond donors (Lipinski definition) is 0. The lowest BCUT2D eigenvalue weighted by atomic mass is 9.96. The highest BCUT2D eigenvalue weighted by molar-refractivity contribution is 5.94. The Kier molecular flexibility index (Phi) is 8.19. The maximum absolute atomic E-state index is 13.1. The first kappa shape index (κ1) is 27.5. The Morgan fingerprint density at radius 2 is 1.73 bits per heavy atom. The van der Waals surface area contributed by atoms with Crippen molar-refractivity contribution in [1.29, 1.82) is 0 Å². The topological polar surface area (TPSA) is 36.0 Å². The van der Waals surface area contributed by atoms with Crippen molar-refractivity contribution in [1.82, 2.24) is 14.7 Å². The number of amides is 1. The lowest BCUT2D eigenvalue weighted by Gasteiger charge is -2.38. The third kappa shape index (κ3) is 5.96. The SMILES string of the molecule is Cc1c(OCCCCN(C)C)ccc([C@H](C)N2CC3CC2CN3C(=O)c2ccc(C(F)(F)F)cc2)c1C. The van der Waals surface area contributed by atoms with Crippen LogP contribution in [-0.2, 0) is 6.18 Å². The minimum atomic E-state index is -4.41. The van der Waals surface area contributed by atoms with Crippen LogP contribution in [0.2, 0.25) is 0 Å². The number of piperazine rings is 1. The highest BCUT2D eigenvalue weighted by Gasteiger charge is 2.47. The Morgan fingerprint density at radius 3 is 2.32 bits per heavy atom. The lowest BCUT2D eigenvalue weighted by molar-refractivity contribution is -0.137. The quantitative estimate of drug-likeness (QED) is 0.400. The molecule has 2 aliphatic rings. The lowest BCUT2D eigenvalue weighted by Crippen LogP contribution is -2.49. The number of rotatable bonds is 9. The van der Waals surface area contributed by atoms with Crippen molar-refractivity contribution >= 4 is 5.91 Å². The summed E-state index contributed by atoms with van der Waals surface area (Å²) in [6, 6.07) is 9.31. The molecule has 37 heavy (non-hydrogen) atoms. The summed E-state index contributed by atoms with van der Waals surface area (Å²) in [6.07, 6.45) is -1.38. The summed E-state index contributed by atoms with van der Waals surface area (Å²) in [5.41, 5.74) is 3.24. The first-order valence-corrected chi connectivity index (χ1v) is 13.1. The van der Waals surface area contributed by atoms with Gasteiger partial charge in [0.2, 0.25) is 0 Å². The summed E-state index contributed by atoms with van der Waals surface area (Å²) in [5, 5.41) is 0. The first-order valence-electron chi connectivity index (χ1n) is 13.1.